The molecule has 4 aromatic rings. The van der Waals surface area contributed by atoms with Gasteiger partial charge >= 0.3 is 0 Å². The number of nitrogens with zero attached hydrogens (tertiary/aromatic N) is 5. The minimum absolute atomic E-state index is 0.0873. The standard InChI is InChI=1S/C26H28N6O3/c1-18-8-6-12-22(19(18)2)32(24(33)17-31-23-11-5-4-10-21(23)29-30-31)25(20-9-7-13-27-16-20)26(34)28-14-15-35-3/h4-13,16,25H,14-15,17H2,1-3H3,(H,28,34)/t25-/m1/s1. The summed E-state index contributed by atoms with van der Waals surface area (Å²) in [6.45, 7) is 4.50. The number of ether oxygens (including phenoxy) is 1. The number of aromatic nitrogens is 4. The van der Waals surface area contributed by atoms with Gasteiger partial charge in [-0.3, -0.25) is 19.5 Å². The molecule has 0 saturated heterocycles. The highest BCUT2D eigenvalue weighted by atomic mass is 16.5. The van der Waals surface area contributed by atoms with E-state index in [1.54, 1.807) is 36.3 Å². The maximum absolute atomic E-state index is 14.0. The highest BCUT2D eigenvalue weighted by Gasteiger charge is 2.34. The van der Waals surface area contributed by atoms with Gasteiger partial charge in [-0.05, 0) is 49.2 Å². The van der Waals surface area contributed by atoms with Crippen molar-refractivity contribution in [2.45, 2.75) is 26.4 Å². The van der Waals surface area contributed by atoms with Gasteiger partial charge in [0.1, 0.15) is 18.1 Å². The average Bonchev–Trinajstić information content (AvgIpc) is 3.27. The van der Waals surface area contributed by atoms with E-state index in [1.165, 1.54) is 4.90 Å². The van der Waals surface area contributed by atoms with Crippen LogP contribution in [0.1, 0.15) is 22.7 Å². The third-order valence-electron chi connectivity index (χ3n) is 5.92. The van der Waals surface area contributed by atoms with Crippen LogP contribution in [0.4, 0.5) is 5.69 Å². The van der Waals surface area contributed by atoms with E-state index in [2.05, 4.69) is 20.6 Å². The molecule has 0 spiro atoms. The third-order valence-corrected chi connectivity index (χ3v) is 5.92. The van der Waals surface area contributed by atoms with Crippen LogP contribution in [0.15, 0.2) is 67.0 Å². The number of hydrogen-bond acceptors (Lipinski definition) is 6. The fraction of sp³-hybridized carbons (Fsp3) is 0.269. The summed E-state index contributed by atoms with van der Waals surface area (Å²) in [6.07, 6.45) is 3.24. The van der Waals surface area contributed by atoms with Crippen molar-refractivity contribution in [2.75, 3.05) is 25.2 Å². The number of carbonyl (C=O) groups excluding carboxylic acids is 2. The van der Waals surface area contributed by atoms with E-state index >= 15 is 0 Å². The normalized spacial score (nSPS) is 11.9. The molecule has 1 N–H and O–H groups in total. The monoisotopic (exact) mass is 472 g/mol. The molecule has 0 radical (unpaired) electrons. The third kappa shape index (κ3) is 5.20. The number of rotatable bonds is 9. The molecule has 0 aliphatic rings. The van der Waals surface area contributed by atoms with E-state index in [-0.39, 0.29) is 18.4 Å². The number of hydrogen-bond donors (Lipinski definition) is 1. The van der Waals surface area contributed by atoms with Crippen LogP contribution in [0.2, 0.25) is 0 Å². The van der Waals surface area contributed by atoms with Crippen molar-refractivity contribution >= 4 is 28.5 Å². The van der Waals surface area contributed by atoms with Crippen molar-refractivity contribution in [3.63, 3.8) is 0 Å². The van der Waals surface area contributed by atoms with Crippen LogP contribution in [0, 0.1) is 13.8 Å². The van der Waals surface area contributed by atoms with Crippen LogP contribution >= 0.6 is 0 Å². The van der Waals surface area contributed by atoms with Crippen LogP contribution in [-0.4, -0.2) is 52.1 Å². The second-order valence-electron chi connectivity index (χ2n) is 8.19. The molecule has 2 aromatic heterocycles. The van der Waals surface area contributed by atoms with E-state index < -0.39 is 6.04 Å². The second kappa shape index (κ2) is 10.9. The largest absolute Gasteiger partial charge is 0.383 e. The zero-order valence-electron chi connectivity index (χ0n) is 20.0. The molecular weight excluding hydrogens is 444 g/mol. The highest BCUT2D eigenvalue weighted by Crippen LogP contribution is 2.32. The van der Waals surface area contributed by atoms with Gasteiger partial charge in [-0.1, -0.05) is 35.5 Å². The summed E-state index contributed by atoms with van der Waals surface area (Å²) in [5.74, 6) is -0.627. The van der Waals surface area contributed by atoms with Crippen LogP contribution in [0.3, 0.4) is 0 Å². The smallest absolute Gasteiger partial charge is 0.249 e. The van der Waals surface area contributed by atoms with Gasteiger partial charge in [0.05, 0.1) is 12.1 Å². The molecule has 1 atom stereocenters. The van der Waals surface area contributed by atoms with E-state index in [4.69, 9.17) is 4.74 Å². The Hall–Kier alpha value is -4.11. The van der Waals surface area contributed by atoms with Gasteiger partial charge < -0.3 is 10.1 Å². The summed E-state index contributed by atoms with van der Waals surface area (Å²) in [4.78, 5) is 33.3. The molecule has 0 fully saturated rings. The van der Waals surface area contributed by atoms with Gasteiger partial charge in [0.2, 0.25) is 11.8 Å². The molecule has 0 saturated carbocycles. The van der Waals surface area contributed by atoms with E-state index in [9.17, 15) is 9.59 Å². The summed E-state index contributed by atoms with van der Waals surface area (Å²) in [5.41, 5.74) is 4.60. The first-order valence-electron chi connectivity index (χ1n) is 11.3. The van der Waals surface area contributed by atoms with Gasteiger partial charge in [-0.2, -0.15) is 0 Å². The topological polar surface area (TPSA) is 102 Å². The lowest BCUT2D eigenvalue weighted by Gasteiger charge is -2.32. The predicted molar refractivity (Wildman–Crippen MR) is 133 cm³/mol. The van der Waals surface area contributed by atoms with E-state index in [1.807, 2.05) is 56.3 Å². The molecule has 4 rings (SSSR count). The minimum Gasteiger partial charge on any atom is -0.383 e. The van der Waals surface area contributed by atoms with E-state index in [0.717, 1.165) is 16.6 Å². The van der Waals surface area contributed by atoms with Gasteiger partial charge in [0.15, 0.2) is 0 Å². The first-order valence-corrected chi connectivity index (χ1v) is 11.3. The minimum atomic E-state index is -0.941. The molecule has 9 nitrogen and oxygen atoms in total. The van der Waals surface area contributed by atoms with Crippen LogP contribution in [0.25, 0.3) is 11.0 Å². The van der Waals surface area contributed by atoms with Crippen molar-refractivity contribution in [1.82, 2.24) is 25.3 Å². The fourth-order valence-corrected chi connectivity index (χ4v) is 3.98. The average molecular weight is 473 g/mol. The molecule has 180 valence electrons. The second-order valence-corrected chi connectivity index (χ2v) is 8.19. The lowest BCUT2D eigenvalue weighted by molar-refractivity contribution is -0.127. The first kappa shape index (κ1) is 24.0. The number of nitrogens with one attached hydrogen (secondary N) is 1. The molecule has 0 bridgehead atoms. The Morgan fingerprint density at radius 1 is 1.09 bits per heavy atom. The Kier molecular flexibility index (Phi) is 7.47. The number of anilines is 1. The zero-order chi connectivity index (χ0) is 24.8. The van der Waals surface area contributed by atoms with Crippen LogP contribution in [-0.2, 0) is 20.9 Å². The van der Waals surface area contributed by atoms with Crippen molar-refractivity contribution in [3.8, 4) is 0 Å². The number of para-hydroxylation sites is 1. The van der Waals surface area contributed by atoms with Gasteiger partial charge in [0, 0.05) is 37.3 Å². The summed E-state index contributed by atoms with van der Waals surface area (Å²) in [5, 5.41) is 11.2. The predicted octanol–water partition coefficient (Wildman–Crippen LogP) is 2.98. The number of carbonyl (C=O) groups is 2. The summed E-state index contributed by atoms with van der Waals surface area (Å²) >= 11 is 0. The number of aryl methyl sites for hydroxylation is 1. The number of benzene rings is 2. The number of methoxy groups -OCH3 is 1. The first-order chi connectivity index (χ1) is 17.0. The lowest BCUT2D eigenvalue weighted by Crippen LogP contribution is -2.46. The quantitative estimate of drug-likeness (QED) is 0.376. The maximum Gasteiger partial charge on any atom is 0.249 e. The van der Waals surface area contributed by atoms with Crippen molar-refractivity contribution in [1.29, 1.82) is 0 Å². The Morgan fingerprint density at radius 3 is 2.69 bits per heavy atom. The van der Waals surface area contributed by atoms with Gasteiger partial charge in [-0.15, -0.1) is 5.10 Å². The molecule has 2 amide bonds. The van der Waals surface area contributed by atoms with Crippen molar-refractivity contribution in [3.05, 3.63) is 83.7 Å². The Balaban J connectivity index is 1.80. The Bertz CT molecular complexity index is 1320. The molecule has 0 unspecified atom stereocenters. The summed E-state index contributed by atoms with van der Waals surface area (Å²) in [7, 11) is 1.57. The SMILES string of the molecule is COCCNC(=O)[C@@H](c1cccnc1)N(C(=O)Cn1nnc2ccccc21)c1cccc(C)c1C. The Morgan fingerprint density at radius 2 is 1.91 bits per heavy atom. The van der Waals surface area contributed by atoms with Gasteiger partial charge in [0.25, 0.3) is 0 Å². The molecule has 0 aliphatic heterocycles. The highest BCUT2D eigenvalue weighted by molar-refractivity contribution is 6.02. The molecule has 9 heteroatoms. The molecule has 2 aromatic carbocycles. The fourth-order valence-electron chi connectivity index (χ4n) is 3.98. The van der Waals surface area contributed by atoms with Gasteiger partial charge in [-0.25, -0.2) is 4.68 Å². The summed E-state index contributed by atoms with van der Waals surface area (Å²) < 4.78 is 6.64. The number of amides is 2. The molecule has 0 aliphatic carbocycles. The molecule has 2 heterocycles. The van der Waals surface area contributed by atoms with Crippen molar-refractivity contribution < 1.29 is 14.3 Å². The van der Waals surface area contributed by atoms with Crippen molar-refractivity contribution in [2.24, 2.45) is 0 Å². The lowest BCUT2D eigenvalue weighted by atomic mass is 10.0. The molecular formula is C26H28N6O3. The van der Waals surface area contributed by atoms with Crippen LogP contribution in [0.5, 0.6) is 0 Å². The summed E-state index contributed by atoms with van der Waals surface area (Å²) in [6, 6.07) is 15.8. The molecule has 35 heavy (non-hydrogen) atoms. The Labute approximate surface area is 203 Å². The number of pyridine rings is 1. The number of fused-ring (bicyclic) bond motifs is 1. The maximum atomic E-state index is 14.0. The van der Waals surface area contributed by atoms with E-state index in [0.29, 0.717) is 29.9 Å². The zero-order valence-corrected chi connectivity index (χ0v) is 20.0. The van der Waals surface area contributed by atoms with Crippen LogP contribution < -0.4 is 10.2 Å².